The quantitative estimate of drug-likeness (QED) is 0.821. The van der Waals surface area contributed by atoms with E-state index in [1.807, 2.05) is 0 Å². The Kier molecular flexibility index (Phi) is 4.66. The lowest BCUT2D eigenvalue weighted by Gasteiger charge is -2.09. The van der Waals surface area contributed by atoms with Gasteiger partial charge in [-0.05, 0) is 6.07 Å². The molecule has 1 aromatic rings. The van der Waals surface area contributed by atoms with Crippen LogP contribution in [0.4, 0.5) is 0 Å². The molecule has 1 aromatic heterocycles. The number of sulfone groups is 1. The van der Waals surface area contributed by atoms with Gasteiger partial charge in [-0.2, -0.15) is 0 Å². The molecule has 7 heteroatoms. The summed E-state index contributed by atoms with van der Waals surface area (Å²) < 4.78 is 28.6. The zero-order valence-electron chi connectivity index (χ0n) is 10.2. The van der Waals surface area contributed by atoms with E-state index < -0.39 is 27.5 Å². The number of carboxylic acids is 1. The maximum Gasteiger partial charge on any atom is 0.307 e. The van der Waals surface area contributed by atoms with Crippen molar-refractivity contribution in [3.8, 4) is 5.88 Å². The van der Waals surface area contributed by atoms with Gasteiger partial charge >= 0.3 is 5.97 Å². The van der Waals surface area contributed by atoms with E-state index in [0.29, 0.717) is 5.56 Å². The lowest BCUT2D eigenvalue weighted by Crippen LogP contribution is -2.22. The fourth-order valence-corrected chi connectivity index (χ4v) is 3.18. The molecule has 0 fully saturated rings. The zero-order chi connectivity index (χ0) is 13.8. The van der Waals surface area contributed by atoms with Crippen molar-refractivity contribution in [3.05, 3.63) is 23.9 Å². The molecule has 1 unspecified atom stereocenters. The van der Waals surface area contributed by atoms with Crippen LogP contribution in [-0.2, 0) is 20.4 Å². The summed E-state index contributed by atoms with van der Waals surface area (Å²) in [5, 5.41) is 8.71. The molecule has 100 valence electrons. The molecular weight excluding hydrogens is 258 g/mol. The highest BCUT2D eigenvalue weighted by molar-refractivity contribution is 7.90. The number of methoxy groups -OCH3 is 1. The third kappa shape index (κ3) is 3.99. The van der Waals surface area contributed by atoms with E-state index in [9.17, 15) is 13.2 Å². The highest BCUT2D eigenvalue weighted by Crippen LogP contribution is 2.18. The summed E-state index contributed by atoms with van der Waals surface area (Å²) >= 11 is 0. The maximum atomic E-state index is 11.8. The van der Waals surface area contributed by atoms with Gasteiger partial charge in [-0.25, -0.2) is 13.4 Å². The number of ether oxygens (including phenoxy) is 1. The van der Waals surface area contributed by atoms with Crippen molar-refractivity contribution in [1.82, 2.24) is 4.98 Å². The highest BCUT2D eigenvalue weighted by Gasteiger charge is 2.22. The van der Waals surface area contributed by atoms with Crippen LogP contribution in [0.2, 0.25) is 0 Å². The Morgan fingerprint density at radius 3 is 2.78 bits per heavy atom. The number of carboxylic acid groups (broad SMARTS) is 1. The molecule has 0 aromatic carbocycles. The van der Waals surface area contributed by atoms with E-state index in [0.717, 1.165) is 0 Å². The molecule has 1 N–H and O–H groups in total. The largest absolute Gasteiger partial charge is 0.481 e. The van der Waals surface area contributed by atoms with Crippen LogP contribution in [-0.4, -0.2) is 37.3 Å². The number of nitrogens with zero attached hydrogens (tertiary/aromatic N) is 1. The van der Waals surface area contributed by atoms with Crippen molar-refractivity contribution < 1.29 is 23.1 Å². The third-order valence-electron chi connectivity index (χ3n) is 2.34. The van der Waals surface area contributed by atoms with Gasteiger partial charge in [-0.3, -0.25) is 4.79 Å². The van der Waals surface area contributed by atoms with Gasteiger partial charge in [0.2, 0.25) is 5.88 Å². The lowest BCUT2D eigenvalue weighted by molar-refractivity contribution is -0.140. The van der Waals surface area contributed by atoms with E-state index in [1.165, 1.54) is 20.2 Å². The lowest BCUT2D eigenvalue weighted by atomic mass is 10.2. The zero-order valence-corrected chi connectivity index (χ0v) is 11.0. The molecule has 0 spiro atoms. The highest BCUT2D eigenvalue weighted by atomic mass is 32.2. The molecular formula is C11H15NO5S. The Bertz CT molecular complexity index is 526. The van der Waals surface area contributed by atoms with Gasteiger partial charge in [0.05, 0.1) is 24.5 Å². The molecule has 0 aliphatic heterocycles. The summed E-state index contributed by atoms with van der Waals surface area (Å²) in [7, 11) is -2.11. The molecule has 1 rings (SSSR count). The van der Waals surface area contributed by atoms with Crippen LogP contribution < -0.4 is 4.74 Å². The Morgan fingerprint density at radius 1 is 1.56 bits per heavy atom. The molecule has 0 radical (unpaired) electrons. The molecule has 0 amide bonds. The van der Waals surface area contributed by atoms with Gasteiger partial charge < -0.3 is 9.84 Å². The number of pyridine rings is 1. The van der Waals surface area contributed by atoms with E-state index in [1.54, 1.807) is 12.1 Å². The summed E-state index contributed by atoms with van der Waals surface area (Å²) in [5.41, 5.74) is 0.428. The molecule has 1 atom stereocenters. The predicted molar refractivity (Wildman–Crippen MR) is 65.1 cm³/mol. The van der Waals surface area contributed by atoms with Crippen LogP contribution >= 0.6 is 0 Å². The molecule has 0 aliphatic carbocycles. The maximum absolute atomic E-state index is 11.8. The van der Waals surface area contributed by atoms with Crippen molar-refractivity contribution >= 4 is 15.8 Å². The van der Waals surface area contributed by atoms with Crippen molar-refractivity contribution in [2.24, 2.45) is 5.92 Å². The molecule has 0 saturated heterocycles. The average Bonchev–Trinajstić information content (AvgIpc) is 2.28. The van der Waals surface area contributed by atoms with Gasteiger partial charge in [-0.1, -0.05) is 13.0 Å². The average molecular weight is 273 g/mol. The van der Waals surface area contributed by atoms with Crippen LogP contribution in [0.5, 0.6) is 5.88 Å². The first kappa shape index (κ1) is 14.4. The van der Waals surface area contributed by atoms with Gasteiger partial charge in [-0.15, -0.1) is 0 Å². The molecule has 18 heavy (non-hydrogen) atoms. The minimum Gasteiger partial charge on any atom is -0.481 e. The number of hydrogen-bond acceptors (Lipinski definition) is 5. The summed E-state index contributed by atoms with van der Waals surface area (Å²) in [6.45, 7) is 1.36. The van der Waals surface area contributed by atoms with E-state index >= 15 is 0 Å². The first-order chi connectivity index (χ1) is 8.35. The monoisotopic (exact) mass is 273 g/mol. The number of rotatable bonds is 6. The number of aromatic nitrogens is 1. The summed E-state index contributed by atoms with van der Waals surface area (Å²) in [6.07, 6.45) is 1.49. The first-order valence-electron chi connectivity index (χ1n) is 5.27. The number of aliphatic carboxylic acids is 1. The Balaban J connectivity index is 2.86. The van der Waals surface area contributed by atoms with Crippen molar-refractivity contribution in [2.75, 3.05) is 12.9 Å². The fraction of sp³-hybridized carbons (Fsp3) is 0.455. The van der Waals surface area contributed by atoms with Crippen LogP contribution in [0, 0.1) is 5.92 Å². The molecule has 0 bridgehead atoms. The summed E-state index contributed by atoms with van der Waals surface area (Å²) in [6, 6.07) is 3.20. The van der Waals surface area contributed by atoms with Crippen LogP contribution in [0.25, 0.3) is 0 Å². The van der Waals surface area contributed by atoms with Gasteiger partial charge in [0, 0.05) is 11.8 Å². The molecule has 1 heterocycles. The standard InChI is InChI=1S/C11H15NO5S/c1-8(11(13)14)6-18(15,16)7-9-4-3-5-12-10(9)17-2/h3-5,8H,6-7H2,1-2H3,(H,13,14). The SMILES string of the molecule is COc1ncccc1CS(=O)(=O)CC(C)C(=O)O. The minimum atomic E-state index is -3.51. The van der Waals surface area contributed by atoms with E-state index in [2.05, 4.69) is 4.98 Å². The van der Waals surface area contributed by atoms with Crippen LogP contribution in [0.15, 0.2) is 18.3 Å². The third-order valence-corrected chi connectivity index (χ3v) is 4.10. The summed E-state index contributed by atoms with van der Waals surface area (Å²) in [4.78, 5) is 14.5. The van der Waals surface area contributed by atoms with Gasteiger partial charge in [0.25, 0.3) is 0 Å². The van der Waals surface area contributed by atoms with Crippen molar-refractivity contribution in [3.63, 3.8) is 0 Å². The first-order valence-corrected chi connectivity index (χ1v) is 7.09. The van der Waals surface area contributed by atoms with Crippen molar-refractivity contribution in [1.29, 1.82) is 0 Å². The minimum absolute atomic E-state index is 0.240. The Labute approximate surface area is 106 Å². The Hall–Kier alpha value is -1.63. The number of hydrogen-bond donors (Lipinski definition) is 1. The van der Waals surface area contributed by atoms with Gasteiger partial charge in [0.1, 0.15) is 0 Å². The second-order valence-electron chi connectivity index (χ2n) is 3.97. The molecule has 0 aliphatic rings. The second kappa shape index (κ2) is 5.81. The smallest absolute Gasteiger partial charge is 0.307 e. The molecule has 0 saturated carbocycles. The van der Waals surface area contributed by atoms with Gasteiger partial charge in [0.15, 0.2) is 9.84 Å². The van der Waals surface area contributed by atoms with Crippen LogP contribution in [0.1, 0.15) is 12.5 Å². The predicted octanol–water partition coefficient (Wildman–Crippen LogP) is 0.726. The normalized spacial score (nSPS) is 13.0. The number of carbonyl (C=O) groups is 1. The van der Waals surface area contributed by atoms with Crippen molar-refractivity contribution in [2.45, 2.75) is 12.7 Å². The molecule has 6 nitrogen and oxygen atoms in total. The summed E-state index contributed by atoms with van der Waals surface area (Å²) in [5.74, 6) is -2.50. The topological polar surface area (TPSA) is 93.6 Å². The fourth-order valence-electron chi connectivity index (χ4n) is 1.47. The van der Waals surface area contributed by atoms with E-state index in [-0.39, 0.29) is 11.6 Å². The van der Waals surface area contributed by atoms with E-state index in [4.69, 9.17) is 9.84 Å². The second-order valence-corrected chi connectivity index (χ2v) is 6.07. The van der Waals surface area contributed by atoms with Crippen LogP contribution in [0.3, 0.4) is 0 Å². The Morgan fingerprint density at radius 2 is 2.22 bits per heavy atom.